The Morgan fingerprint density at radius 3 is 2.67 bits per heavy atom. The first-order valence-electron chi connectivity index (χ1n) is 13.9. The number of hydrogen-bond acceptors (Lipinski definition) is 5. The van der Waals surface area contributed by atoms with E-state index in [0.29, 0.717) is 26.1 Å². The molecule has 0 aromatic heterocycles. The monoisotopic (exact) mass is 645 g/mol. The maximum absolute atomic E-state index is 13.8. The Morgan fingerprint density at radius 2 is 1.87 bits per heavy atom. The lowest BCUT2D eigenvalue weighted by atomic mass is 9.98. The Kier molecular flexibility index (Phi) is 8.58. The molecule has 2 N–H and O–H groups in total. The van der Waals surface area contributed by atoms with E-state index in [4.69, 9.17) is 4.84 Å². The van der Waals surface area contributed by atoms with Crippen LogP contribution in [-0.4, -0.2) is 61.6 Å². The summed E-state index contributed by atoms with van der Waals surface area (Å²) in [6.45, 7) is 3.38. The minimum Gasteiger partial charge on any atom is -0.479 e. The second-order valence-corrected chi connectivity index (χ2v) is 12.7. The molecule has 3 aliphatic heterocycles. The summed E-state index contributed by atoms with van der Waals surface area (Å²) >= 11 is 1.83. The first-order chi connectivity index (χ1) is 18.8. The fourth-order valence-electron chi connectivity index (χ4n) is 5.96. The van der Waals surface area contributed by atoms with E-state index in [9.17, 15) is 19.5 Å². The Labute approximate surface area is 242 Å². The largest absolute Gasteiger partial charge is 0.479 e. The fourth-order valence-corrected chi connectivity index (χ4v) is 6.43. The molecular formula is C30H36IN3O5. The number of alkyl halides is 1. The second-order valence-electron chi connectivity index (χ2n) is 11.0. The van der Waals surface area contributed by atoms with Gasteiger partial charge >= 0.3 is 5.97 Å². The van der Waals surface area contributed by atoms with Crippen LogP contribution in [0.1, 0.15) is 51.0 Å². The van der Waals surface area contributed by atoms with Crippen LogP contribution in [0.25, 0.3) is 10.8 Å². The third-order valence-corrected chi connectivity index (χ3v) is 9.91. The van der Waals surface area contributed by atoms with E-state index >= 15 is 0 Å². The average Bonchev–Trinajstić information content (AvgIpc) is 3.46. The minimum absolute atomic E-state index is 0.0326. The predicted octanol–water partition coefficient (Wildman–Crippen LogP) is 4.66. The van der Waals surface area contributed by atoms with Gasteiger partial charge in [0.25, 0.3) is 0 Å². The number of fused-ring (bicyclic) bond motifs is 4. The van der Waals surface area contributed by atoms with Crippen LogP contribution in [0.15, 0.2) is 54.6 Å². The van der Waals surface area contributed by atoms with Crippen molar-refractivity contribution in [1.82, 2.24) is 15.3 Å². The number of carboxylic acid groups (broad SMARTS) is 1. The zero-order valence-corrected chi connectivity index (χ0v) is 24.4. The number of nitrogens with one attached hydrogen (secondary N) is 1. The molecular weight excluding hydrogens is 609 g/mol. The van der Waals surface area contributed by atoms with Crippen molar-refractivity contribution in [2.75, 3.05) is 13.1 Å². The molecule has 0 unspecified atom stereocenters. The van der Waals surface area contributed by atoms with Gasteiger partial charge in [0.05, 0.1) is 0 Å². The van der Waals surface area contributed by atoms with Gasteiger partial charge in [0.15, 0.2) is 3.55 Å². The summed E-state index contributed by atoms with van der Waals surface area (Å²) in [4.78, 5) is 47.5. The standard InChI is InChI=1S/C30H36IN3O5/c1-20-10-6-4-2-3-5-7-13-25(35)34-19-24-18-33(17-21-14-15-22-11-8-9-12-23(22)16-21)39-27(24)26(34)28(36)32-30(20,31)29(37)38/h6,8-12,14-16,20,24,26-27H,2-5,7,13,17-19H2,1H3,(H,32,36)(H,37,38)/b10-6-/t20-,24-,26-,27-,30+/m0/s1. The fraction of sp³-hybridized carbons (Fsp3) is 0.500. The third-order valence-electron chi connectivity index (χ3n) is 8.19. The van der Waals surface area contributed by atoms with Crippen LogP contribution in [0.2, 0.25) is 0 Å². The Balaban J connectivity index is 1.37. The smallest absolute Gasteiger partial charge is 0.340 e. The molecule has 2 fully saturated rings. The van der Waals surface area contributed by atoms with Gasteiger partial charge in [-0.05, 0) is 64.3 Å². The summed E-state index contributed by atoms with van der Waals surface area (Å²) in [7, 11) is 0. The number of halogens is 1. The van der Waals surface area contributed by atoms with Crippen LogP contribution in [0.3, 0.4) is 0 Å². The molecule has 0 aliphatic carbocycles. The van der Waals surface area contributed by atoms with Crippen LogP contribution in [0.5, 0.6) is 0 Å². The van der Waals surface area contributed by atoms with Gasteiger partial charge in [0.1, 0.15) is 12.1 Å². The second kappa shape index (κ2) is 11.9. The van der Waals surface area contributed by atoms with Crippen LogP contribution < -0.4 is 5.32 Å². The number of nitrogens with zero attached hydrogens (tertiary/aromatic N) is 2. The van der Waals surface area contributed by atoms with Crippen molar-refractivity contribution in [2.45, 2.75) is 67.7 Å². The molecule has 3 aliphatic rings. The highest BCUT2D eigenvalue weighted by Gasteiger charge is 2.55. The third kappa shape index (κ3) is 6.00. The lowest BCUT2D eigenvalue weighted by Gasteiger charge is -2.33. The lowest BCUT2D eigenvalue weighted by molar-refractivity contribution is -0.174. The number of rotatable bonds is 3. The van der Waals surface area contributed by atoms with Gasteiger partial charge in [0.2, 0.25) is 11.8 Å². The van der Waals surface area contributed by atoms with Crippen LogP contribution in [0.4, 0.5) is 0 Å². The number of carboxylic acids is 1. The van der Waals surface area contributed by atoms with Crippen molar-refractivity contribution in [3.8, 4) is 0 Å². The molecule has 9 heteroatoms. The number of carbonyl (C=O) groups is 3. The molecule has 39 heavy (non-hydrogen) atoms. The van der Waals surface area contributed by atoms with Crippen LogP contribution in [-0.2, 0) is 25.8 Å². The number of carbonyl (C=O) groups excluding carboxylic acids is 2. The number of hydrogen-bond donors (Lipinski definition) is 2. The molecule has 2 aromatic carbocycles. The van der Waals surface area contributed by atoms with Gasteiger partial charge < -0.3 is 15.3 Å². The molecule has 208 valence electrons. The molecule has 3 heterocycles. The highest BCUT2D eigenvalue weighted by Crippen LogP contribution is 2.37. The van der Waals surface area contributed by atoms with Crippen LogP contribution in [0, 0.1) is 11.8 Å². The van der Waals surface area contributed by atoms with Gasteiger partial charge in [0, 0.05) is 37.9 Å². The van der Waals surface area contributed by atoms with Gasteiger partial charge in [-0.3, -0.25) is 14.4 Å². The molecule has 2 amide bonds. The Morgan fingerprint density at radius 1 is 1.10 bits per heavy atom. The van der Waals surface area contributed by atoms with E-state index in [1.54, 1.807) is 11.8 Å². The minimum atomic E-state index is -1.54. The number of aliphatic carboxylic acids is 1. The van der Waals surface area contributed by atoms with Crippen molar-refractivity contribution in [1.29, 1.82) is 0 Å². The molecule has 2 aromatic rings. The van der Waals surface area contributed by atoms with Crippen molar-refractivity contribution < 1.29 is 24.3 Å². The van der Waals surface area contributed by atoms with Crippen molar-refractivity contribution in [3.63, 3.8) is 0 Å². The quantitative estimate of drug-likeness (QED) is 0.218. The van der Waals surface area contributed by atoms with E-state index in [-0.39, 0.29) is 11.8 Å². The highest BCUT2D eigenvalue weighted by molar-refractivity contribution is 14.1. The normalized spacial score (nSPS) is 31.7. The SMILES string of the molecule is C[C@H]1/C=C\CCCCCCC(=O)N2C[C@@H]3CN(Cc4ccc5ccccc5c4)O[C@@H]3[C@H]2C(=O)N[C@@]1(I)C(=O)O. The first-order valence-corrected chi connectivity index (χ1v) is 14.9. The summed E-state index contributed by atoms with van der Waals surface area (Å²) in [5, 5.41) is 17.1. The summed E-state index contributed by atoms with van der Waals surface area (Å²) < 4.78 is -1.54. The number of benzene rings is 2. The lowest BCUT2D eigenvalue weighted by Crippen LogP contribution is -2.60. The summed E-state index contributed by atoms with van der Waals surface area (Å²) in [6.07, 6.45) is 8.31. The van der Waals surface area contributed by atoms with Gasteiger partial charge in [-0.2, -0.15) is 5.06 Å². The summed E-state index contributed by atoms with van der Waals surface area (Å²) in [6, 6.07) is 13.6. The van der Waals surface area contributed by atoms with E-state index in [1.165, 1.54) is 5.39 Å². The summed E-state index contributed by atoms with van der Waals surface area (Å²) in [5.41, 5.74) is 1.10. The van der Waals surface area contributed by atoms with E-state index in [1.807, 2.05) is 51.9 Å². The number of allylic oxidation sites excluding steroid dienone is 1. The number of amides is 2. The molecule has 5 atom stereocenters. The van der Waals surface area contributed by atoms with E-state index < -0.39 is 33.5 Å². The predicted molar refractivity (Wildman–Crippen MR) is 157 cm³/mol. The highest BCUT2D eigenvalue weighted by atomic mass is 127. The van der Waals surface area contributed by atoms with Crippen molar-refractivity contribution in [2.24, 2.45) is 11.8 Å². The van der Waals surface area contributed by atoms with E-state index in [2.05, 4.69) is 35.6 Å². The zero-order valence-electron chi connectivity index (χ0n) is 22.2. The average molecular weight is 646 g/mol. The van der Waals surface area contributed by atoms with Crippen LogP contribution >= 0.6 is 22.6 Å². The molecule has 0 bridgehead atoms. The molecule has 2 saturated heterocycles. The van der Waals surface area contributed by atoms with Gasteiger partial charge in [-0.15, -0.1) is 0 Å². The Hall–Kier alpha value is -2.50. The first kappa shape index (κ1) is 28.0. The molecule has 0 spiro atoms. The molecule has 0 saturated carbocycles. The topological polar surface area (TPSA) is 99.2 Å². The van der Waals surface area contributed by atoms with Crippen molar-refractivity contribution in [3.05, 3.63) is 60.2 Å². The van der Waals surface area contributed by atoms with Gasteiger partial charge in [-0.1, -0.05) is 68.3 Å². The molecule has 8 nitrogen and oxygen atoms in total. The summed E-state index contributed by atoms with van der Waals surface area (Å²) in [5.74, 6) is -2.13. The van der Waals surface area contributed by atoms with Gasteiger partial charge in [-0.25, -0.2) is 4.79 Å². The van der Waals surface area contributed by atoms with E-state index in [0.717, 1.165) is 43.1 Å². The Bertz CT molecular complexity index is 1270. The zero-order chi connectivity index (χ0) is 27.6. The number of hydroxylamine groups is 2. The molecule has 5 rings (SSSR count). The maximum atomic E-state index is 13.8. The van der Waals surface area contributed by atoms with Crippen molar-refractivity contribution >= 4 is 51.1 Å². The molecule has 0 radical (unpaired) electrons. The maximum Gasteiger partial charge on any atom is 0.340 e.